The Hall–Kier alpha value is -3.74. The summed E-state index contributed by atoms with van der Waals surface area (Å²) in [5.74, 6) is -0.0462. The van der Waals surface area contributed by atoms with E-state index in [4.69, 9.17) is 0 Å². The van der Waals surface area contributed by atoms with Crippen LogP contribution in [0.1, 0.15) is 28.5 Å². The molecule has 0 unspecified atom stereocenters. The van der Waals surface area contributed by atoms with Gasteiger partial charge in [0.1, 0.15) is 17.2 Å². The predicted octanol–water partition coefficient (Wildman–Crippen LogP) is 4.74. The lowest BCUT2D eigenvalue weighted by molar-refractivity contribution is 0.102. The van der Waals surface area contributed by atoms with Crippen LogP contribution in [0.3, 0.4) is 0 Å². The van der Waals surface area contributed by atoms with Crippen molar-refractivity contribution in [3.63, 3.8) is 0 Å². The molecule has 4 rings (SSSR count). The van der Waals surface area contributed by atoms with Crippen LogP contribution in [0.15, 0.2) is 60.8 Å². The highest BCUT2D eigenvalue weighted by Gasteiger charge is 2.17. The van der Waals surface area contributed by atoms with Crippen molar-refractivity contribution in [3.05, 3.63) is 83.4 Å². The molecule has 6 nitrogen and oxygen atoms in total. The molecule has 2 heterocycles. The van der Waals surface area contributed by atoms with Gasteiger partial charge in [0.15, 0.2) is 5.65 Å². The quantitative estimate of drug-likeness (QED) is 0.517. The lowest BCUT2D eigenvalue weighted by atomic mass is 10.1. The molecule has 0 fully saturated rings. The van der Waals surface area contributed by atoms with E-state index in [1.807, 2.05) is 31.2 Å². The zero-order valence-corrected chi connectivity index (χ0v) is 16.1. The van der Waals surface area contributed by atoms with Gasteiger partial charge in [-0.3, -0.25) is 4.79 Å². The lowest BCUT2D eigenvalue weighted by Gasteiger charge is -2.10. The van der Waals surface area contributed by atoms with Crippen LogP contribution in [0.4, 0.5) is 21.6 Å². The van der Waals surface area contributed by atoms with E-state index in [9.17, 15) is 9.18 Å². The van der Waals surface area contributed by atoms with Crippen molar-refractivity contribution in [2.75, 3.05) is 10.6 Å². The fraction of sp³-hybridized carbons (Fsp3) is 0.136. The van der Waals surface area contributed by atoms with Crippen molar-refractivity contribution < 1.29 is 9.18 Å². The molecule has 7 heteroatoms. The third-order valence-corrected chi connectivity index (χ3v) is 4.56. The molecule has 0 aliphatic carbocycles. The third-order valence-electron chi connectivity index (χ3n) is 4.56. The Labute approximate surface area is 167 Å². The molecule has 0 atom stereocenters. The van der Waals surface area contributed by atoms with Gasteiger partial charge >= 0.3 is 0 Å². The molecular weight excluding hydrogens is 369 g/mol. The van der Waals surface area contributed by atoms with E-state index in [2.05, 4.69) is 27.6 Å². The predicted molar refractivity (Wildman–Crippen MR) is 111 cm³/mol. The Bertz CT molecular complexity index is 1180. The minimum absolute atomic E-state index is 0.293. The largest absolute Gasteiger partial charge is 0.340 e. The number of halogens is 1. The van der Waals surface area contributed by atoms with Crippen LogP contribution in [0.2, 0.25) is 0 Å². The third kappa shape index (κ3) is 3.94. The summed E-state index contributed by atoms with van der Waals surface area (Å²) in [5, 5.41) is 10.3. The monoisotopic (exact) mass is 389 g/mol. The van der Waals surface area contributed by atoms with E-state index in [1.54, 1.807) is 18.2 Å². The van der Waals surface area contributed by atoms with Gasteiger partial charge in [0, 0.05) is 23.1 Å². The maximum absolute atomic E-state index is 13.5. The smallest absolute Gasteiger partial charge is 0.261 e. The Morgan fingerprint density at radius 2 is 1.90 bits per heavy atom. The second-order valence-corrected chi connectivity index (χ2v) is 6.72. The summed E-state index contributed by atoms with van der Waals surface area (Å²) in [6.45, 7) is 3.91. The fourth-order valence-electron chi connectivity index (χ4n) is 3.07. The van der Waals surface area contributed by atoms with Crippen LogP contribution >= 0.6 is 0 Å². The molecule has 0 aliphatic rings. The summed E-state index contributed by atoms with van der Waals surface area (Å²) in [7, 11) is 0. The highest BCUT2D eigenvalue weighted by atomic mass is 19.1. The van der Waals surface area contributed by atoms with E-state index in [0.717, 1.165) is 6.42 Å². The molecule has 0 radical (unpaired) electrons. The molecule has 146 valence electrons. The zero-order valence-electron chi connectivity index (χ0n) is 16.1. The fourth-order valence-corrected chi connectivity index (χ4v) is 3.07. The lowest BCUT2D eigenvalue weighted by Crippen LogP contribution is -2.12. The van der Waals surface area contributed by atoms with Gasteiger partial charge in [0.25, 0.3) is 5.91 Å². The molecule has 29 heavy (non-hydrogen) atoms. The number of benzene rings is 2. The Kier molecular flexibility index (Phi) is 4.95. The van der Waals surface area contributed by atoms with Crippen molar-refractivity contribution in [2.24, 2.45) is 0 Å². The van der Waals surface area contributed by atoms with Crippen LogP contribution < -0.4 is 10.6 Å². The second kappa shape index (κ2) is 7.71. The summed E-state index contributed by atoms with van der Waals surface area (Å²) in [4.78, 5) is 17.3. The average Bonchev–Trinajstić information content (AvgIpc) is 3.12. The second-order valence-electron chi connectivity index (χ2n) is 6.72. The molecule has 2 N–H and O–H groups in total. The summed E-state index contributed by atoms with van der Waals surface area (Å²) in [5.41, 5.74) is 3.97. The van der Waals surface area contributed by atoms with Gasteiger partial charge in [0.2, 0.25) is 0 Å². The molecule has 0 saturated carbocycles. The SMILES string of the molecule is CCc1ccc(NC(=O)c2cnn3c(Nc4cccc(F)c4)cc(C)nc23)cc1. The average molecular weight is 389 g/mol. The Morgan fingerprint density at radius 1 is 1.10 bits per heavy atom. The zero-order chi connectivity index (χ0) is 20.4. The van der Waals surface area contributed by atoms with Crippen molar-refractivity contribution in [1.29, 1.82) is 0 Å². The molecule has 2 aromatic carbocycles. The highest BCUT2D eigenvalue weighted by molar-refractivity contribution is 6.08. The van der Waals surface area contributed by atoms with Crippen molar-refractivity contribution in [2.45, 2.75) is 20.3 Å². The molecular formula is C22H20FN5O. The van der Waals surface area contributed by atoms with E-state index < -0.39 is 0 Å². The van der Waals surface area contributed by atoms with Crippen LogP contribution in [-0.4, -0.2) is 20.5 Å². The molecule has 0 bridgehead atoms. The number of carbonyl (C=O) groups is 1. The molecule has 1 amide bonds. The standard InChI is InChI=1S/C22H20FN5O/c1-3-15-7-9-17(10-8-15)27-22(29)19-13-24-28-20(11-14(2)25-21(19)28)26-18-6-4-5-16(23)12-18/h4-13,26H,3H2,1-2H3,(H,27,29). The minimum Gasteiger partial charge on any atom is -0.340 e. The van der Waals surface area contributed by atoms with Gasteiger partial charge in [-0.05, 0) is 49.2 Å². The number of hydrogen-bond donors (Lipinski definition) is 2. The number of fused-ring (bicyclic) bond motifs is 1. The first-order chi connectivity index (χ1) is 14.0. The molecule has 2 aromatic heterocycles. The van der Waals surface area contributed by atoms with Gasteiger partial charge in [-0.15, -0.1) is 0 Å². The van der Waals surface area contributed by atoms with Gasteiger partial charge < -0.3 is 10.6 Å². The normalized spacial score (nSPS) is 10.9. The Morgan fingerprint density at radius 3 is 2.62 bits per heavy atom. The molecule has 0 spiro atoms. The number of anilines is 3. The van der Waals surface area contributed by atoms with Crippen molar-refractivity contribution in [1.82, 2.24) is 14.6 Å². The Balaban J connectivity index is 1.65. The maximum Gasteiger partial charge on any atom is 0.261 e. The van der Waals surface area contributed by atoms with Crippen LogP contribution in [0, 0.1) is 12.7 Å². The summed E-state index contributed by atoms with van der Waals surface area (Å²) in [6, 6.07) is 15.6. The number of nitrogens with zero attached hydrogens (tertiary/aromatic N) is 3. The number of aromatic nitrogens is 3. The first-order valence-electron chi connectivity index (χ1n) is 9.32. The van der Waals surface area contributed by atoms with E-state index in [-0.39, 0.29) is 11.7 Å². The number of carbonyl (C=O) groups excluding carboxylic acids is 1. The van der Waals surface area contributed by atoms with Gasteiger partial charge in [0.05, 0.1) is 6.20 Å². The van der Waals surface area contributed by atoms with Gasteiger partial charge in [-0.2, -0.15) is 9.61 Å². The topological polar surface area (TPSA) is 71.3 Å². The molecule has 0 saturated heterocycles. The number of hydrogen-bond acceptors (Lipinski definition) is 4. The summed E-state index contributed by atoms with van der Waals surface area (Å²) >= 11 is 0. The summed E-state index contributed by atoms with van der Waals surface area (Å²) in [6.07, 6.45) is 2.42. The van der Waals surface area contributed by atoms with Crippen molar-refractivity contribution >= 4 is 28.7 Å². The summed E-state index contributed by atoms with van der Waals surface area (Å²) < 4.78 is 15.0. The van der Waals surface area contributed by atoms with E-state index >= 15 is 0 Å². The highest BCUT2D eigenvalue weighted by Crippen LogP contribution is 2.21. The van der Waals surface area contributed by atoms with Gasteiger partial charge in [-0.1, -0.05) is 25.1 Å². The van der Waals surface area contributed by atoms with Crippen LogP contribution in [0.25, 0.3) is 5.65 Å². The van der Waals surface area contributed by atoms with E-state index in [0.29, 0.717) is 34.1 Å². The maximum atomic E-state index is 13.5. The number of nitrogens with one attached hydrogen (secondary N) is 2. The molecule has 0 aliphatic heterocycles. The number of aryl methyl sites for hydroxylation is 2. The number of amides is 1. The van der Waals surface area contributed by atoms with Crippen LogP contribution in [-0.2, 0) is 6.42 Å². The molecule has 4 aromatic rings. The first-order valence-corrected chi connectivity index (χ1v) is 9.32. The minimum atomic E-state index is -0.341. The van der Waals surface area contributed by atoms with Crippen LogP contribution in [0.5, 0.6) is 0 Å². The van der Waals surface area contributed by atoms with E-state index in [1.165, 1.54) is 28.4 Å². The van der Waals surface area contributed by atoms with Crippen molar-refractivity contribution in [3.8, 4) is 0 Å². The first kappa shape index (κ1) is 18.6. The van der Waals surface area contributed by atoms with Gasteiger partial charge in [-0.25, -0.2) is 9.37 Å². The number of rotatable bonds is 5.